The van der Waals surface area contributed by atoms with Gasteiger partial charge in [0.15, 0.2) is 0 Å². The van der Waals surface area contributed by atoms with Crippen molar-refractivity contribution in [2.75, 3.05) is 0 Å². The molecule has 96 valence electrons. The molecule has 0 saturated heterocycles. The van der Waals surface area contributed by atoms with Crippen LogP contribution in [0.3, 0.4) is 0 Å². The molecule has 0 radical (unpaired) electrons. The molecule has 16 heavy (non-hydrogen) atoms. The van der Waals surface area contributed by atoms with Gasteiger partial charge in [-0.3, -0.25) is 0 Å². The molecule has 0 aromatic heterocycles. The minimum atomic E-state index is 1.21. The van der Waals surface area contributed by atoms with E-state index in [1.807, 2.05) is 0 Å². The van der Waals surface area contributed by atoms with Crippen LogP contribution in [-0.4, -0.2) is 0 Å². The smallest absolute Gasteiger partial charge is 0.0351 e. The van der Waals surface area contributed by atoms with Gasteiger partial charge in [-0.25, -0.2) is 0 Å². The van der Waals surface area contributed by atoms with Crippen LogP contribution in [-0.2, 0) is 0 Å². The second-order valence-corrected chi connectivity index (χ2v) is 4.39. The summed E-state index contributed by atoms with van der Waals surface area (Å²) in [7, 11) is 0. The molecule has 0 saturated carbocycles. The van der Waals surface area contributed by atoms with E-state index in [4.69, 9.17) is 0 Å². The molecule has 0 heterocycles. The van der Waals surface area contributed by atoms with Crippen molar-refractivity contribution in [2.24, 2.45) is 0 Å². The molecule has 0 heteroatoms. The highest BCUT2D eigenvalue weighted by molar-refractivity contribution is 4.96. The monoisotopic (exact) mass is 224 g/mol. The van der Waals surface area contributed by atoms with Gasteiger partial charge in [-0.2, -0.15) is 0 Å². The van der Waals surface area contributed by atoms with Crippen LogP contribution in [0.4, 0.5) is 0 Å². The van der Waals surface area contributed by atoms with Crippen LogP contribution >= 0.6 is 0 Å². The maximum atomic E-state index is 2.32. The lowest BCUT2D eigenvalue weighted by molar-refractivity contribution is 0.934. The second-order valence-electron chi connectivity index (χ2n) is 4.39. The van der Waals surface area contributed by atoms with E-state index in [0.717, 1.165) is 0 Å². The first kappa shape index (κ1) is 17.9. The van der Waals surface area contributed by atoms with Crippen LogP contribution in [0.25, 0.3) is 0 Å². The third kappa shape index (κ3) is 15.9. The summed E-state index contributed by atoms with van der Waals surface area (Å²) in [6.07, 6.45) is 12.1. The molecule has 0 aliphatic rings. The Bertz CT molecular complexity index is 162. The molecule has 0 aliphatic heterocycles. The first-order valence-electron chi connectivity index (χ1n) is 6.93. The zero-order valence-corrected chi connectivity index (χ0v) is 12.4. The molecule has 0 aromatic rings. The predicted molar refractivity (Wildman–Crippen MR) is 77.9 cm³/mol. The van der Waals surface area contributed by atoms with Crippen molar-refractivity contribution in [3.8, 4) is 0 Å². The summed E-state index contributed by atoms with van der Waals surface area (Å²) in [5.74, 6) is 0. The van der Waals surface area contributed by atoms with E-state index >= 15 is 0 Å². The first-order valence-corrected chi connectivity index (χ1v) is 6.93. The van der Waals surface area contributed by atoms with Crippen molar-refractivity contribution in [3.05, 3.63) is 23.3 Å². The summed E-state index contributed by atoms with van der Waals surface area (Å²) in [5, 5.41) is 0. The Morgan fingerprint density at radius 1 is 0.688 bits per heavy atom. The van der Waals surface area contributed by atoms with Gasteiger partial charge in [-0.05, 0) is 39.5 Å². The van der Waals surface area contributed by atoms with Gasteiger partial charge in [-0.15, -0.1) is 0 Å². The number of hydrogen-bond donors (Lipinski definition) is 0. The Labute approximate surface area is 104 Å². The highest BCUT2D eigenvalue weighted by Gasteiger charge is 1.80. The van der Waals surface area contributed by atoms with Crippen LogP contribution in [0.5, 0.6) is 0 Å². The SMILES string of the molecule is CCC/C=C(/C)CC.CCC/C=C(\C)CC. The van der Waals surface area contributed by atoms with Crippen LogP contribution < -0.4 is 0 Å². The lowest BCUT2D eigenvalue weighted by Crippen LogP contribution is -1.70. The zero-order valence-electron chi connectivity index (χ0n) is 12.4. The topological polar surface area (TPSA) is 0 Å². The standard InChI is InChI=1S/2C8H16/c2*1-4-6-7-8(3)5-2/h2*7H,4-6H2,1-3H3/b8-7+;8-7-. The third-order valence-electron chi connectivity index (χ3n) is 2.68. The van der Waals surface area contributed by atoms with E-state index in [1.165, 1.54) is 49.7 Å². The summed E-state index contributed by atoms with van der Waals surface area (Å²) < 4.78 is 0. The highest BCUT2D eigenvalue weighted by Crippen LogP contribution is 2.01. The fourth-order valence-electron chi connectivity index (χ4n) is 1.07. The first-order chi connectivity index (χ1) is 7.62. The molecule has 0 amide bonds. The predicted octanol–water partition coefficient (Wildman–Crippen LogP) is 6.29. The molecule has 0 aliphatic carbocycles. The van der Waals surface area contributed by atoms with E-state index < -0.39 is 0 Å². The van der Waals surface area contributed by atoms with Crippen LogP contribution in [0.2, 0.25) is 0 Å². The van der Waals surface area contributed by atoms with Gasteiger partial charge in [0, 0.05) is 0 Å². The van der Waals surface area contributed by atoms with Crippen LogP contribution in [0.1, 0.15) is 80.1 Å². The number of hydrogen-bond acceptors (Lipinski definition) is 0. The highest BCUT2D eigenvalue weighted by atomic mass is 13.9. The van der Waals surface area contributed by atoms with Gasteiger partial charge in [0.25, 0.3) is 0 Å². The molecule has 0 nitrogen and oxygen atoms in total. The fourth-order valence-corrected chi connectivity index (χ4v) is 1.07. The van der Waals surface area contributed by atoms with Crippen molar-refractivity contribution in [2.45, 2.75) is 80.1 Å². The van der Waals surface area contributed by atoms with Crippen molar-refractivity contribution in [1.82, 2.24) is 0 Å². The van der Waals surface area contributed by atoms with Gasteiger partial charge in [0.05, 0.1) is 0 Å². The largest absolute Gasteiger partial charge is 0.0856 e. The summed E-state index contributed by atoms with van der Waals surface area (Å²) in [4.78, 5) is 0. The second kappa shape index (κ2) is 14.5. The molecule has 0 fully saturated rings. The summed E-state index contributed by atoms with van der Waals surface area (Å²) in [6, 6.07) is 0. The molecular formula is C16H32. The van der Waals surface area contributed by atoms with Gasteiger partial charge in [-0.1, -0.05) is 63.8 Å². The average molecular weight is 224 g/mol. The molecule has 0 N–H and O–H groups in total. The molecule has 0 unspecified atom stereocenters. The Kier molecular flexibility index (Phi) is 16.2. The van der Waals surface area contributed by atoms with Crippen molar-refractivity contribution < 1.29 is 0 Å². The third-order valence-corrected chi connectivity index (χ3v) is 2.68. The van der Waals surface area contributed by atoms with Gasteiger partial charge in [0.2, 0.25) is 0 Å². The Morgan fingerprint density at radius 2 is 1.00 bits per heavy atom. The lowest BCUT2D eigenvalue weighted by atomic mass is 10.2. The number of rotatable bonds is 6. The zero-order chi connectivity index (χ0) is 12.8. The van der Waals surface area contributed by atoms with E-state index in [0.29, 0.717) is 0 Å². The quantitative estimate of drug-likeness (QED) is 0.465. The van der Waals surface area contributed by atoms with E-state index in [-0.39, 0.29) is 0 Å². The number of allylic oxidation sites excluding steroid dienone is 4. The fraction of sp³-hybridized carbons (Fsp3) is 0.750. The molecule has 0 aromatic carbocycles. The minimum Gasteiger partial charge on any atom is -0.0856 e. The normalized spacial score (nSPS) is 12.1. The Morgan fingerprint density at radius 3 is 1.19 bits per heavy atom. The molecular weight excluding hydrogens is 192 g/mol. The number of unbranched alkanes of at least 4 members (excludes halogenated alkanes) is 2. The van der Waals surface area contributed by atoms with E-state index in [9.17, 15) is 0 Å². The summed E-state index contributed by atoms with van der Waals surface area (Å²) in [5.41, 5.74) is 3.04. The lowest BCUT2D eigenvalue weighted by Gasteiger charge is -1.91. The molecule has 0 atom stereocenters. The Hall–Kier alpha value is -0.520. The van der Waals surface area contributed by atoms with Gasteiger partial charge >= 0.3 is 0 Å². The van der Waals surface area contributed by atoms with Crippen molar-refractivity contribution in [1.29, 1.82) is 0 Å². The average Bonchev–Trinajstić information content (AvgIpc) is 2.33. The van der Waals surface area contributed by atoms with Crippen molar-refractivity contribution >= 4 is 0 Å². The Balaban J connectivity index is 0. The molecule has 0 rings (SSSR count). The van der Waals surface area contributed by atoms with Gasteiger partial charge < -0.3 is 0 Å². The van der Waals surface area contributed by atoms with E-state index in [2.05, 4.69) is 53.7 Å². The summed E-state index contributed by atoms with van der Waals surface area (Å²) >= 11 is 0. The molecule has 0 spiro atoms. The van der Waals surface area contributed by atoms with Crippen LogP contribution in [0.15, 0.2) is 23.3 Å². The summed E-state index contributed by atoms with van der Waals surface area (Å²) in [6.45, 7) is 13.2. The molecule has 0 bridgehead atoms. The maximum absolute atomic E-state index is 2.32. The van der Waals surface area contributed by atoms with E-state index in [1.54, 1.807) is 0 Å². The van der Waals surface area contributed by atoms with Crippen molar-refractivity contribution in [3.63, 3.8) is 0 Å². The minimum absolute atomic E-state index is 1.21. The van der Waals surface area contributed by atoms with Gasteiger partial charge in [0.1, 0.15) is 0 Å². The maximum Gasteiger partial charge on any atom is -0.0351 e. The van der Waals surface area contributed by atoms with Crippen LogP contribution in [0, 0.1) is 0 Å².